The molecular weight excluding hydrogens is 408 g/mol. The maximum absolute atomic E-state index is 12.6. The molecule has 30 heavy (non-hydrogen) atoms. The number of H-pyrrole nitrogens is 1. The Bertz CT molecular complexity index is 1070. The second-order valence-corrected chi connectivity index (χ2v) is 7.86. The maximum Gasteiger partial charge on any atom is 0.295 e. The highest BCUT2D eigenvalue weighted by Crippen LogP contribution is 2.32. The van der Waals surface area contributed by atoms with Gasteiger partial charge in [0.15, 0.2) is 5.43 Å². The average molecular weight is 433 g/mol. The first-order valence-corrected chi connectivity index (χ1v) is 10.4. The Morgan fingerprint density at radius 3 is 2.90 bits per heavy atom. The molecule has 0 aliphatic carbocycles. The van der Waals surface area contributed by atoms with Gasteiger partial charge in [0.1, 0.15) is 29.3 Å². The number of hydrogen-bond donors (Lipinski definition) is 2. The lowest BCUT2D eigenvalue weighted by Crippen LogP contribution is -2.38. The molecule has 0 spiro atoms. The minimum atomic E-state index is -0.151. The molecule has 0 bridgehead atoms. The Kier molecular flexibility index (Phi) is 6.26. The summed E-state index contributed by atoms with van der Waals surface area (Å²) in [5.74, 6) is 0.535. The van der Waals surface area contributed by atoms with Gasteiger partial charge in [0.2, 0.25) is 0 Å². The van der Waals surface area contributed by atoms with Gasteiger partial charge in [-0.3, -0.25) is 9.69 Å². The first-order chi connectivity index (χ1) is 14.5. The van der Waals surface area contributed by atoms with Crippen LogP contribution in [0.25, 0.3) is 22.3 Å². The van der Waals surface area contributed by atoms with E-state index >= 15 is 0 Å². The highest BCUT2D eigenvalue weighted by molar-refractivity contribution is 6.36. The number of anilines is 1. The van der Waals surface area contributed by atoms with Gasteiger partial charge in [-0.1, -0.05) is 11.6 Å². The summed E-state index contributed by atoms with van der Waals surface area (Å²) in [6.45, 7) is 8.56. The van der Waals surface area contributed by atoms with E-state index in [-0.39, 0.29) is 11.5 Å². The number of oxazole rings is 1. The van der Waals surface area contributed by atoms with Crippen molar-refractivity contribution in [3.05, 3.63) is 39.7 Å². The van der Waals surface area contributed by atoms with Crippen LogP contribution in [0.5, 0.6) is 5.75 Å². The van der Waals surface area contributed by atoms with Crippen molar-refractivity contribution in [2.75, 3.05) is 44.8 Å². The molecule has 1 aliphatic heterocycles. The van der Waals surface area contributed by atoms with E-state index in [0.29, 0.717) is 45.7 Å². The van der Waals surface area contributed by atoms with Crippen molar-refractivity contribution in [3.63, 3.8) is 0 Å². The normalized spacial score (nSPS) is 15.1. The van der Waals surface area contributed by atoms with Gasteiger partial charge >= 0.3 is 0 Å². The fourth-order valence-corrected chi connectivity index (χ4v) is 3.60. The van der Waals surface area contributed by atoms with Crippen molar-refractivity contribution >= 4 is 28.5 Å². The number of nitrogens with one attached hydrogen (secondary N) is 2. The zero-order valence-electron chi connectivity index (χ0n) is 17.0. The molecule has 3 heterocycles. The van der Waals surface area contributed by atoms with E-state index in [1.54, 1.807) is 12.1 Å². The zero-order valence-corrected chi connectivity index (χ0v) is 17.8. The third-order valence-electron chi connectivity index (χ3n) is 4.87. The van der Waals surface area contributed by atoms with E-state index in [4.69, 9.17) is 25.5 Å². The molecule has 2 aromatic heterocycles. The molecule has 8 nitrogen and oxygen atoms in total. The fraction of sp³-hybridized carbons (Fsp3) is 0.429. The minimum absolute atomic E-state index is 0.151. The molecule has 0 unspecified atom stereocenters. The largest absolute Gasteiger partial charge is 0.491 e. The van der Waals surface area contributed by atoms with E-state index in [0.717, 1.165) is 32.8 Å². The van der Waals surface area contributed by atoms with Gasteiger partial charge in [0.05, 0.1) is 24.4 Å². The number of ether oxygens (including phenoxy) is 2. The van der Waals surface area contributed by atoms with Crippen LogP contribution < -0.4 is 15.5 Å². The molecule has 160 valence electrons. The minimum Gasteiger partial charge on any atom is -0.491 e. The van der Waals surface area contributed by atoms with Crippen LogP contribution >= 0.6 is 11.6 Å². The molecule has 1 aromatic carbocycles. The van der Waals surface area contributed by atoms with Crippen molar-refractivity contribution in [1.29, 1.82) is 0 Å². The lowest BCUT2D eigenvalue weighted by Gasteiger charge is -2.26. The summed E-state index contributed by atoms with van der Waals surface area (Å²) in [6, 6.07) is 5.53. The maximum atomic E-state index is 12.6. The summed E-state index contributed by atoms with van der Waals surface area (Å²) in [7, 11) is 0. The van der Waals surface area contributed by atoms with Crippen LogP contribution in [0.1, 0.15) is 13.8 Å². The van der Waals surface area contributed by atoms with E-state index in [1.807, 2.05) is 13.8 Å². The van der Waals surface area contributed by atoms with Crippen LogP contribution in [-0.2, 0) is 4.74 Å². The highest BCUT2D eigenvalue weighted by Gasteiger charge is 2.15. The van der Waals surface area contributed by atoms with Gasteiger partial charge < -0.3 is 24.2 Å². The first-order valence-electron chi connectivity index (χ1n) is 10.0. The SMILES string of the molecule is CC(C)Nc1nc(-c2cc(=O)c3ccc(OCCN4CCOCC4)c(Cl)c3[nH]2)co1. The summed E-state index contributed by atoms with van der Waals surface area (Å²) in [4.78, 5) is 22.5. The van der Waals surface area contributed by atoms with E-state index < -0.39 is 0 Å². The summed E-state index contributed by atoms with van der Waals surface area (Å²) < 4.78 is 16.7. The molecule has 0 atom stereocenters. The first kappa shape index (κ1) is 20.7. The fourth-order valence-electron chi connectivity index (χ4n) is 3.33. The lowest BCUT2D eigenvalue weighted by molar-refractivity contribution is 0.0322. The number of pyridine rings is 1. The van der Waals surface area contributed by atoms with E-state index in [9.17, 15) is 4.79 Å². The quantitative estimate of drug-likeness (QED) is 0.591. The summed E-state index contributed by atoms with van der Waals surface area (Å²) >= 11 is 6.58. The van der Waals surface area contributed by atoms with Crippen LogP contribution in [0.3, 0.4) is 0 Å². The number of aromatic amines is 1. The Morgan fingerprint density at radius 1 is 1.33 bits per heavy atom. The van der Waals surface area contributed by atoms with Crippen LogP contribution in [0.15, 0.2) is 33.7 Å². The van der Waals surface area contributed by atoms with Gasteiger partial charge in [-0.25, -0.2) is 0 Å². The van der Waals surface area contributed by atoms with E-state index in [1.165, 1.54) is 12.3 Å². The Morgan fingerprint density at radius 2 is 2.13 bits per heavy atom. The monoisotopic (exact) mass is 432 g/mol. The molecule has 1 fully saturated rings. The van der Waals surface area contributed by atoms with Gasteiger partial charge in [-0.05, 0) is 26.0 Å². The predicted molar refractivity (Wildman–Crippen MR) is 117 cm³/mol. The highest BCUT2D eigenvalue weighted by atomic mass is 35.5. The van der Waals surface area contributed by atoms with Crippen LogP contribution in [0.4, 0.5) is 6.01 Å². The topological polar surface area (TPSA) is 92.6 Å². The lowest BCUT2D eigenvalue weighted by atomic mass is 10.1. The Labute approximate surface area is 179 Å². The number of morpholine rings is 1. The average Bonchev–Trinajstić information content (AvgIpc) is 3.18. The zero-order chi connectivity index (χ0) is 21.1. The Hall–Kier alpha value is -2.55. The Balaban J connectivity index is 1.56. The van der Waals surface area contributed by atoms with Crippen molar-refractivity contribution in [1.82, 2.24) is 14.9 Å². The predicted octanol–water partition coefficient (Wildman–Crippen LogP) is 3.37. The number of fused-ring (bicyclic) bond motifs is 1. The number of nitrogens with zero attached hydrogens (tertiary/aromatic N) is 2. The molecule has 3 aromatic rings. The van der Waals surface area contributed by atoms with Crippen LogP contribution in [0.2, 0.25) is 5.02 Å². The molecule has 1 saturated heterocycles. The number of aromatic nitrogens is 2. The molecule has 4 rings (SSSR count). The third kappa shape index (κ3) is 4.61. The number of halogens is 1. The second kappa shape index (κ2) is 9.07. The van der Waals surface area contributed by atoms with Crippen molar-refractivity contribution in [2.45, 2.75) is 19.9 Å². The van der Waals surface area contributed by atoms with Crippen molar-refractivity contribution in [2.24, 2.45) is 0 Å². The van der Waals surface area contributed by atoms with Gasteiger partial charge in [0, 0.05) is 37.1 Å². The molecule has 1 aliphatic rings. The molecular formula is C21H25ClN4O4. The number of hydrogen-bond acceptors (Lipinski definition) is 7. The van der Waals surface area contributed by atoms with Gasteiger partial charge in [-0.15, -0.1) is 0 Å². The molecule has 0 radical (unpaired) electrons. The summed E-state index contributed by atoms with van der Waals surface area (Å²) in [5.41, 5.74) is 1.42. The number of rotatable bonds is 7. The number of benzene rings is 1. The summed E-state index contributed by atoms with van der Waals surface area (Å²) in [6.07, 6.45) is 1.50. The molecule has 9 heteroatoms. The van der Waals surface area contributed by atoms with E-state index in [2.05, 4.69) is 20.2 Å². The second-order valence-electron chi connectivity index (χ2n) is 7.49. The van der Waals surface area contributed by atoms with Crippen LogP contribution in [0, 0.1) is 0 Å². The van der Waals surface area contributed by atoms with Crippen molar-refractivity contribution < 1.29 is 13.9 Å². The molecule has 0 saturated carbocycles. The smallest absolute Gasteiger partial charge is 0.295 e. The van der Waals surface area contributed by atoms with Crippen LogP contribution in [-0.4, -0.2) is 60.4 Å². The van der Waals surface area contributed by atoms with Gasteiger partial charge in [-0.2, -0.15) is 4.98 Å². The van der Waals surface area contributed by atoms with Crippen molar-refractivity contribution in [3.8, 4) is 17.1 Å². The van der Waals surface area contributed by atoms with Gasteiger partial charge in [0.25, 0.3) is 6.01 Å². The summed E-state index contributed by atoms with van der Waals surface area (Å²) in [5, 5.41) is 3.96. The molecule has 2 N–H and O–H groups in total. The molecule has 0 amide bonds. The third-order valence-corrected chi connectivity index (χ3v) is 5.24. The standard InChI is InChI=1S/C21H25ClN4O4/c1-13(2)23-21-25-16(12-30-21)15-11-17(27)14-3-4-18(19(22)20(14)24-15)29-10-7-26-5-8-28-9-6-26/h3-4,11-13H,5-10H2,1-2H3,(H,23,25)(H,24,27).